The third-order valence-electron chi connectivity index (χ3n) is 1.40. The maximum Gasteiger partial charge on any atom is 0.0797 e. The summed E-state index contributed by atoms with van der Waals surface area (Å²) in [7, 11) is 0. The van der Waals surface area contributed by atoms with Crippen molar-refractivity contribution in [1.82, 2.24) is 9.97 Å². The quantitative estimate of drug-likeness (QED) is 0.642. The monoisotopic (exact) mass is 162 g/mol. The van der Waals surface area contributed by atoms with Crippen molar-refractivity contribution in [3.8, 4) is 10.4 Å². The highest BCUT2D eigenvalue weighted by Crippen LogP contribution is 2.21. The molecule has 0 atom stereocenters. The van der Waals surface area contributed by atoms with Crippen molar-refractivity contribution in [3.05, 3.63) is 36.2 Å². The molecule has 2 aromatic rings. The van der Waals surface area contributed by atoms with Gasteiger partial charge in [-0.05, 0) is 17.7 Å². The minimum atomic E-state index is 1.18. The molecule has 0 amide bonds. The molecule has 0 N–H and O–H groups in total. The Morgan fingerprint density at radius 2 is 1.91 bits per heavy atom. The first-order chi connectivity index (χ1) is 5.47. The highest BCUT2D eigenvalue weighted by atomic mass is 32.1. The van der Waals surface area contributed by atoms with Gasteiger partial charge in [-0.2, -0.15) is 0 Å². The SMILES string of the molecule is c1cc(-c2cncs2)ccn1. The van der Waals surface area contributed by atoms with Gasteiger partial charge in [-0.15, -0.1) is 11.3 Å². The van der Waals surface area contributed by atoms with Crippen molar-refractivity contribution in [3.63, 3.8) is 0 Å². The summed E-state index contributed by atoms with van der Waals surface area (Å²) < 4.78 is 0. The zero-order chi connectivity index (χ0) is 7.52. The van der Waals surface area contributed by atoms with Crippen LogP contribution in [0, 0.1) is 0 Å². The summed E-state index contributed by atoms with van der Waals surface area (Å²) in [6.45, 7) is 0. The van der Waals surface area contributed by atoms with Gasteiger partial charge in [0.25, 0.3) is 0 Å². The maximum absolute atomic E-state index is 4.00. The normalized spacial score (nSPS) is 9.82. The Labute approximate surface area is 68.6 Å². The molecule has 3 heteroatoms. The van der Waals surface area contributed by atoms with Gasteiger partial charge in [-0.3, -0.25) is 9.97 Å². The van der Waals surface area contributed by atoms with Crippen molar-refractivity contribution < 1.29 is 0 Å². The van der Waals surface area contributed by atoms with Gasteiger partial charge in [-0.1, -0.05) is 0 Å². The number of hydrogen-bond acceptors (Lipinski definition) is 3. The molecule has 2 aromatic heterocycles. The van der Waals surface area contributed by atoms with E-state index in [1.165, 1.54) is 10.4 Å². The van der Waals surface area contributed by atoms with Crippen molar-refractivity contribution in [2.75, 3.05) is 0 Å². The Balaban J connectivity index is 2.46. The van der Waals surface area contributed by atoms with E-state index in [0.29, 0.717) is 0 Å². The van der Waals surface area contributed by atoms with E-state index in [1.54, 1.807) is 23.7 Å². The average molecular weight is 162 g/mol. The fourth-order valence-electron chi connectivity index (χ4n) is 0.875. The lowest BCUT2D eigenvalue weighted by Crippen LogP contribution is -1.71. The second-order valence-corrected chi connectivity index (χ2v) is 2.99. The number of aromatic nitrogens is 2. The highest BCUT2D eigenvalue weighted by Gasteiger charge is 1.95. The van der Waals surface area contributed by atoms with Crippen LogP contribution in [0.1, 0.15) is 0 Å². The molecule has 0 aromatic carbocycles. The standard InChI is InChI=1S/C8H6N2S/c1-3-9-4-2-7(1)8-5-10-6-11-8/h1-6H. The van der Waals surface area contributed by atoms with Crippen LogP contribution in [0.4, 0.5) is 0 Å². The molecule has 0 spiro atoms. The summed E-state index contributed by atoms with van der Waals surface area (Å²) in [5.41, 5.74) is 3.01. The molecule has 0 fully saturated rings. The van der Waals surface area contributed by atoms with Crippen molar-refractivity contribution in [2.24, 2.45) is 0 Å². The average Bonchev–Trinajstić information content (AvgIpc) is 2.58. The Bertz CT molecular complexity index is 315. The van der Waals surface area contributed by atoms with Gasteiger partial charge in [0.05, 0.1) is 10.4 Å². The molecule has 0 aliphatic carbocycles. The summed E-state index contributed by atoms with van der Waals surface area (Å²) in [5, 5.41) is 0. The molecule has 0 saturated carbocycles. The summed E-state index contributed by atoms with van der Waals surface area (Å²) in [5.74, 6) is 0. The molecule has 0 saturated heterocycles. The van der Waals surface area contributed by atoms with E-state index in [2.05, 4.69) is 9.97 Å². The van der Waals surface area contributed by atoms with Crippen LogP contribution in [0.2, 0.25) is 0 Å². The van der Waals surface area contributed by atoms with E-state index in [0.717, 1.165) is 0 Å². The lowest BCUT2D eigenvalue weighted by Gasteiger charge is -1.91. The van der Waals surface area contributed by atoms with Crippen LogP contribution in [0.15, 0.2) is 36.2 Å². The molecular formula is C8H6N2S. The first kappa shape index (κ1) is 6.49. The highest BCUT2D eigenvalue weighted by molar-refractivity contribution is 7.13. The minimum absolute atomic E-state index is 1.18. The minimum Gasteiger partial charge on any atom is -0.265 e. The van der Waals surface area contributed by atoms with Gasteiger partial charge in [0.15, 0.2) is 0 Å². The molecular weight excluding hydrogens is 156 g/mol. The van der Waals surface area contributed by atoms with Gasteiger partial charge < -0.3 is 0 Å². The molecule has 2 heterocycles. The largest absolute Gasteiger partial charge is 0.265 e. The summed E-state index contributed by atoms with van der Waals surface area (Å²) in [4.78, 5) is 9.12. The number of nitrogens with zero attached hydrogens (tertiary/aromatic N) is 2. The van der Waals surface area contributed by atoms with Gasteiger partial charge >= 0.3 is 0 Å². The maximum atomic E-state index is 4.00. The Hall–Kier alpha value is -1.22. The number of hydrogen-bond donors (Lipinski definition) is 0. The zero-order valence-corrected chi connectivity index (χ0v) is 6.58. The molecule has 0 radical (unpaired) electrons. The molecule has 11 heavy (non-hydrogen) atoms. The van der Waals surface area contributed by atoms with Crippen LogP contribution in [-0.2, 0) is 0 Å². The van der Waals surface area contributed by atoms with E-state index in [9.17, 15) is 0 Å². The zero-order valence-electron chi connectivity index (χ0n) is 5.77. The van der Waals surface area contributed by atoms with E-state index in [-0.39, 0.29) is 0 Å². The fourth-order valence-corrected chi connectivity index (χ4v) is 1.50. The van der Waals surface area contributed by atoms with E-state index >= 15 is 0 Å². The topological polar surface area (TPSA) is 25.8 Å². The third-order valence-corrected chi connectivity index (χ3v) is 2.22. The molecule has 54 valence electrons. The lowest BCUT2D eigenvalue weighted by atomic mass is 10.2. The van der Waals surface area contributed by atoms with Crippen LogP contribution in [0.3, 0.4) is 0 Å². The smallest absolute Gasteiger partial charge is 0.0797 e. The molecule has 0 unspecified atom stereocenters. The Kier molecular flexibility index (Phi) is 1.65. The van der Waals surface area contributed by atoms with E-state index < -0.39 is 0 Å². The van der Waals surface area contributed by atoms with Gasteiger partial charge in [0.2, 0.25) is 0 Å². The summed E-state index contributed by atoms with van der Waals surface area (Å²) >= 11 is 1.64. The number of pyridine rings is 1. The first-order valence-corrected chi connectivity index (χ1v) is 4.13. The van der Waals surface area contributed by atoms with Crippen molar-refractivity contribution in [1.29, 1.82) is 0 Å². The van der Waals surface area contributed by atoms with E-state index in [4.69, 9.17) is 0 Å². The Morgan fingerprint density at radius 3 is 2.55 bits per heavy atom. The molecule has 2 nitrogen and oxygen atoms in total. The van der Waals surface area contributed by atoms with Crippen LogP contribution in [-0.4, -0.2) is 9.97 Å². The van der Waals surface area contributed by atoms with Crippen molar-refractivity contribution in [2.45, 2.75) is 0 Å². The second kappa shape index (κ2) is 2.80. The van der Waals surface area contributed by atoms with Gasteiger partial charge in [0, 0.05) is 18.6 Å². The van der Waals surface area contributed by atoms with E-state index in [1.807, 2.05) is 23.8 Å². The molecule has 2 rings (SSSR count). The Morgan fingerprint density at radius 1 is 1.09 bits per heavy atom. The van der Waals surface area contributed by atoms with Gasteiger partial charge in [-0.25, -0.2) is 0 Å². The van der Waals surface area contributed by atoms with Gasteiger partial charge in [0.1, 0.15) is 0 Å². The van der Waals surface area contributed by atoms with Crippen LogP contribution >= 0.6 is 11.3 Å². The number of thiazole rings is 1. The summed E-state index contributed by atoms with van der Waals surface area (Å²) in [6, 6.07) is 3.96. The van der Waals surface area contributed by atoms with Crippen LogP contribution in [0.5, 0.6) is 0 Å². The van der Waals surface area contributed by atoms with Crippen LogP contribution in [0.25, 0.3) is 10.4 Å². The fraction of sp³-hybridized carbons (Fsp3) is 0. The second-order valence-electron chi connectivity index (χ2n) is 2.10. The molecule has 0 aliphatic rings. The summed E-state index contributed by atoms with van der Waals surface area (Å²) in [6.07, 6.45) is 5.43. The predicted octanol–water partition coefficient (Wildman–Crippen LogP) is 2.21. The lowest BCUT2D eigenvalue weighted by molar-refractivity contribution is 1.33. The molecule has 0 aliphatic heterocycles. The molecule has 0 bridgehead atoms. The third kappa shape index (κ3) is 1.28. The first-order valence-electron chi connectivity index (χ1n) is 3.26. The number of rotatable bonds is 1. The predicted molar refractivity (Wildman–Crippen MR) is 45.3 cm³/mol. The van der Waals surface area contributed by atoms with Crippen molar-refractivity contribution >= 4 is 11.3 Å². The van der Waals surface area contributed by atoms with Crippen LogP contribution < -0.4 is 0 Å².